The normalized spacial score (nSPS) is 13.5. The molecule has 0 saturated carbocycles. The van der Waals surface area contributed by atoms with E-state index in [9.17, 15) is 5.02 Å². The number of halogens is 1. The van der Waals surface area contributed by atoms with Gasteiger partial charge in [0, 0.05) is 20.8 Å². The molecule has 1 N–H and O–H groups in total. The molecule has 0 atom stereocenters. The number of benzene rings is 1. The summed E-state index contributed by atoms with van der Waals surface area (Å²) in [5.41, 5.74) is 3.10. The van der Waals surface area contributed by atoms with Crippen LogP contribution in [-0.2, 0) is 11.3 Å². The summed E-state index contributed by atoms with van der Waals surface area (Å²) in [4.78, 5) is 0.915. The first kappa shape index (κ1) is 11.8. The predicted octanol–water partition coefficient (Wildman–Crippen LogP) is 2.16. The SMILES string of the molecule is N#Cc1csc(-c2cc3c(cc2Cl)COB3O)c1. The first-order chi connectivity index (χ1) is 8.69. The van der Waals surface area contributed by atoms with E-state index in [1.54, 1.807) is 11.4 Å². The van der Waals surface area contributed by atoms with Gasteiger partial charge < -0.3 is 9.68 Å². The van der Waals surface area contributed by atoms with Crippen molar-refractivity contribution < 1.29 is 9.68 Å². The Kier molecular flexibility index (Phi) is 2.88. The van der Waals surface area contributed by atoms with E-state index in [4.69, 9.17) is 21.5 Å². The second-order valence-corrected chi connectivity index (χ2v) is 5.32. The maximum Gasteiger partial charge on any atom is 0.491 e. The van der Waals surface area contributed by atoms with Crippen LogP contribution in [-0.4, -0.2) is 12.1 Å². The van der Waals surface area contributed by atoms with Gasteiger partial charge in [-0.05, 0) is 23.2 Å². The molecule has 2 aromatic rings. The Bertz CT molecular complexity index is 665. The minimum absolute atomic E-state index is 0.379. The van der Waals surface area contributed by atoms with Crippen LogP contribution in [0.15, 0.2) is 23.6 Å². The third-order valence-electron chi connectivity index (χ3n) is 2.89. The molecule has 1 aliphatic heterocycles. The zero-order valence-electron chi connectivity index (χ0n) is 9.18. The lowest BCUT2D eigenvalue weighted by Crippen LogP contribution is -2.28. The predicted molar refractivity (Wildman–Crippen MR) is 71.9 cm³/mol. The van der Waals surface area contributed by atoms with Crippen LogP contribution in [0.2, 0.25) is 5.02 Å². The van der Waals surface area contributed by atoms with Crippen molar-refractivity contribution in [3.05, 3.63) is 39.7 Å². The monoisotopic (exact) mass is 275 g/mol. The molecule has 0 amide bonds. The Morgan fingerprint density at radius 1 is 1.44 bits per heavy atom. The molecule has 1 aliphatic rings. The van der Waals surface area contributed by atoms with Crippen LogP contribution in [0.4, 0.5) is 0 Å². The van der Waals surface area contributed by atoms with Crippen LogP contribution in [0.3, 0.4) is 0 Å². The highest BCUT2D eigenvalue weighted by Crippen LogP contribution is 2.33. The van der Waals surface area contributed by atoms with Gasteiger partial charge in [0.15, 0.2) is 0 Å². The Hall–Kier alpha value is -1.32. The largest absolute Gasteiger partial charge is 0.491 e. The van der Waals surface area contributed by atoms with Crippen molar-refractivity contribution in [2.45, 2.75) is 6.61 Å². The molecule has 6 heteroatoms. The molecule has 0 saturated heterocycles. The molecule has 1 aromatic carbocycles. The number of hydrogen-bond donors (Lipinski definition) is 1. The average Bonchev–Trinajstić information content (AvgIpc) is 2.96. The first-order valence-corrected chi connectivity index (χ1v) is 6.56. The van der Waals surface area contributed by atoms with Crippen molar-refractivity contribution in [2.75, 3.05) is 0 Å². The third kappa shape index (κ3) is 1.84. The molecule has 0 aliphatic carbocycles. The molecule has 3 rings (SSSR count). The van der Waals surface area contributed by atoms with Crippen LogP contribution < -0.4 is 5.46 Å². The van der Waals surface area contributed by atoms with Crippen molar-refractivity contribution >= 4 is 35.5 Å². The van der Waals surface area contributed by atoms with Gasteiger partial charge in [-0.25, -0.2) is 0 Å². The van der Waals surface area contributed by atoms with Crippen molar-refractivity contribution in [3.8, 4) is 16.5 Å². The van der Waals surface area contributed by atoms with E-state index in [2.05, 4.69) is 6.07 Å². The van der Waals surface area contributed by atoms with Crippen LogP contribution >= 0.6 is 22.9 Å². The first-order valence-electron chi connectivity index (χ1n) is 5.30. The molecular weight excluding hydrogens is 268 g/mol. The lowest BCUT2D eigenvalue weighted by atomic mass is 9.78. The van der Waals surface area contributed by atoms with E-state index in [0.717, 1.165) is 21.5 Å². The summed E-state index contributed by atoms with van der Waals surface area (Å²) in [6.07, 6.45) is 0. The highest BCUT2D eigenvalue weighted by atomic mass is 35.5. The van der Waals surface area contributed by atoms with E-state index in [-0.39, 0.29) is 0 Å². The van der Waals surface area contributed by atoms with E-state index < -0.39 is 7.12 Å². The number of hydrogen-bond acceptors (Lipinski definition) is 4. The molecule has 0 unspecified atom stereocenters. The van der Waals surface area contributed by atoms with E-state index in [0.29, 0.717) is 17.2 Å². The molecule has 88 valence electrons. The van der Waals surface area contributed by atoms with Crippen LogP contribution in [0, 0.1) is 11.3 Å². The zero-order valence-corrected chi connectivity index (χ0v) is 10.8. The summed E-state index contributed by atoms with van der Waals surface area (Å²) in [6, 6.07) is 7.53. The molecule has 0 radical (unpaired) electrons. The number of nitriles is 1. The van der Waals surface area contributed by atoms with Gasteiger partial charge in [-0.2, -0.15) is 5.26 Å². The second-order valence-electron chi connectivity index (χ2n) is 4.01. The van der Waals surface area contributed by atoms with Crippen molar-refractivity contribution in [1.29, 1.82) is 5.26 Å². The third-order valence-corrected chi connectivity index (χ3v) is 4.16. The molecule has 2 heterocycles. The quantitative estimate of drug-likeness (QED) is 0.812. The zero-order chi connectivity index (χ0) is 12.7. The van der Waals surface area contributed by atoms with Gasteiger partial charge in [0.1, 0.15) is 6.07 Å². The maximum absolute atomic E-state index is 9.68. The standard InChI is InChI=1S/C12H7BClNO2S/c14-11-2-8-5-17-13(16)10(8)3-9(11)12-1-7(4-15)6-18-12/h1-3,6,16H,5H2. The minimum atomic E-state index is -0.883. The van der Waals surface area contributed by atoms with Crippen molar-refractivity contribution in [2.24, 2.45) is 0 Å². The van der Waals surface area contributed by atoms with Crippen LogP contribution in [0.25, 0.3) is 10.4 Å². The second kappa shape index (κ2) is 4.41. The fraction of sp³-hybridized carbons (Fsp3) is 0.0833. The summed E-state index contributed by atoms with van der Waals surface area (Å²) in [5.74, 6) is 0. The Labute approximate surface area is 113 Å². The van der Waals surface area contributed by atoms with E-state index >= 15 is 0 Å². The van der Waals surface area contributed by atoms with E-state index in [1.165, 1.54) is 11.3 Å². The average molecular weight is 276 g/mol. The van der Waals surface area contributed by atoms with Crippen LogP contribution in [0.1, 0.15) is 11.1 Å². The number of thiophene rings is 1. The van der Waals surface area contributed by atoms with Gasteiger partial charge in [-0.15, -0.1) is 11.3 Å². The summed E-state index contributed by atoms with van der Waals surface area (Å²) in [7, 11) is -0.883. The lowest BCUT2D eigenvalue weighted by Gasteiger charge is -2.05. The fourth-order valence-corrected chi connectivity index (χ4v) is 3.18. The minimum Gasteiger partial charge on any atom is -0.423 e. The highest BCUT2D eigenvalue weighted by Gasteiger charge is 2.28. The molecule has 1 aromatic heterocycles. The smallest absolute Gasteiger partial charge is 0.423 e. The van der Waals surface area contributed by atoms with Gasteiger partial charge >= 0.3 is 7.12 Å². The molecule has 0 bridgehead atoms. The number of nitrogens with zero attached hydrogens (tertiary/aromatic N) is 1. The number of rotatable bonds is 1. The van der Waals surface area contributed by atoms with Crippen LogP contribution in [0.5, 0.6) is 0 Å². The van der Waals surface area contributed by atoms with E-state index in [1.807, 2.05) is 12.1 Å². The summed E-state index contributed by atoms with van der Waals surface area (Å²) in [6.45, 7) is 0.379. The summed E-state index contributed by atoms with van der Waals surface area (Å²) >= 11 is 7.69. The Morgan fingerprint density at radius 3 is 3.00 bits per heavy atom. The number of fused-ring (bicyclic) bond motifs is 1. The van der Waals surface area contributed by atoms with Crippen molar-refractivity contribution in [1.82, 2.24) is 0 Å². The van der Waals surface area contributed by atoms with Gasteiger partial charge in [0.25, 0.3) is 0 Å². The van der Waals surface area contributed by atoms with Gasteiger partial charge in [0.2, 0.25) is 0 Å². The van der Waals surface area contributed by atoms with Gasteiger partial charge in [0.05, 0.1) is 12.2 Å². The fourth-order valence-electron chi connectivity index (χ4n) is 1.97. The summed E-state index contributed by atoms with van der Waals surface area (Å²) in [5, 5.41) is 20.9. The Morgan fingerprint density at radius 2 is 2.28 bits per heavy atom. The molecule has 0 spiro atoms. The van der Waals surface area contributed by atoms with Gasteiger partial charge in [-0.3, -0.25) is 0 Å². The lowest BCUT2D eigenvalue weighted by molar-refractivity contribution is 0.275. The molecular formula is C12H7BClNO2S. The molecule has 3 nitrogen and oxygen atoms in total. The molecule has 0 fully saturated rings. The topological polar surface area (TPSA) is 53.2 Å². The summed E-state index contributed by atoms with van der Waals surface area (Å²) < 4.78 is 5.14. The van der Waals surface area contributed by atoms with Crippen molar-refractivity contribution in [3.63, 3.8) is 0 Å². The van der Waals surface area contributed by atoms with Gasteiger partial charge in [-0.1, -0.05) is 17.7 Å². The molecule has 18 heavy (non-hydrogen) atoms. The highest BCUT2D eigenvalue weighted by molar-refractivity contribution is 7.13. The Balaban J connectivity index is 2.13. The maximum atomic E-state index is 9.68.